The standard InChI is InChI=1S/C18H18OSi.C12H16OSi.C12H14OSi.2C12H16OSi.C8H24O4Si4/c1-4-20(3,19-2)18-14-12-17(13-15-18)11-10-16-8-6-5-7-9-16;2*1-5-11-7-9-12(10-8-11)14(4,6-2)13-3;1-5-11-8-7-9-12(10-11)14(4,6-2)13-3;1-5-11-9-7-8-10-12(11)14(4,6-2)13-3;1-13(2)9-14(3,4)11-16(7,8)12-15(5,6)10-13/h4-9,12-15H,1H2,2-3H3;5-10H,1-2H2,3-4H3;1,6-10H,2H2,3-4H3;2*5-10H,1-2H2,3-4H3;1-8H3. The molecule has 490 valence electrons. The summed E-state index contributed by atoms with van der Waals surface area (Å²) in [5, 5.41) is 6.09. The zero-order valence-electron chi connectivity index (χ0n) is 58.5. The van der Waals surface area contributed by atoms with Gasteiger partial charge in [-0.15, -0.1) is 39.3 Å². The fourth-order valence-corrected chi connectivity index (χ4v) is 38.3. The summed E-state index contributed by atoms with van der Waals surface area (Å²) in [6.45, 7) is 57.7. The monoisotopic (exact) mass is 1390 g/mol. The fraction of sp³-hybridized carbons (Fsp3) is 0.243. The van der Waals surface area contributed by atoms with Gasteiger partial charge in [0.2, 0.25) is 41.6 Å². The lowest BCUT2D eigenvalue weighted by molar-refractivity contribution is 0.238. The van der Waals surface area contributed by atoms with E-state index in [4.69, 9.17) is 45.0 Å². The number of hydrogen-bond acceptors (Lipinski definition) is 9. The smallest absolute Gasteiger partial charge is 0.314 e. The second-order valence-electron chi connectivity index (χ2n) is 23.9. The van der Waals surface area contributed by atoms with Crippen LogP contribution in [0.4, 0.5) is 0 Å². The summed E-state index contributed by atoms with van der Waals surface area (Å²) in [4.78, 5) is 0. The van der Waals surface area contributed by atoms with Crippen LogP contribution >= 0.6 is 0 Å². The Balaban J connectivity index is 0.000000378. The Bertz CT molecular complexity index is 3390. The van der Waals surface area contributed by atoms with Crippen molar-refractivity contribution in [2.75, 3.05) is 35.5 Å². The van der Waals surface area contributed by atoms with E-state index in [1.165, 1.54) is 25.9 Å². The minimum absolute atomic E-state index is 0.894. The van der Waals surface area contributed by atoms with Gasteiger partial charge in [-0.3, -0.25) is 0 Å². The molecular weight excluding hydrogens is 1290 g/mol. The summed E-state index contributed by atoms with van der Waals surface area (Å²) in [5.74, 6) is 8.92. The molecule has 0 aromatic heterocycles. The van der Waals surface area contributed by atoms with Crippen molar-refractivity contribution >= 4 is 120 Å². The van der Waals surface area contributed by atoms with Crippen LogP contribution in [0.5, 0.6) is 0 Å². The van der Waals surface area contributed by atoms with Crippen molar-refractivity contribution in [2.24, 2.45) is 0 Å². The molecule has 6 aromatic rings. The quantitative estimate of drug-likeness (QED) is 0.0617. The van der Waals surface area contributed by atoms with E-state index in [-0.39, 0.29) is 0 Å². The lowest BCUT2D eigenvalue weighted by Crippen LogP contribution is -2.64. The molecular formula is C74H104O9Si9. The molecule has 1 aliphatic heterocycles. The normalized spacial score (nSPS) is 17.0. The molecule has 92 heavy (non-hydrogen) atoms. The van der Waals surface area contributed by atoms with Crippen molar-refractivity contribution in [3.05, 3.63) is 266 Å². The van der Waals surface area contributed by atoms with Gasteiger partial charge < -0.3 is 38.6 Å². The lowest BCUT2D eigenvalue weighted by Gasteiger charge is -2.46. The summed E-state index contributed by atoms with van der Waals surface area (Å²) >= 11 is 0. The molecule has 0 amide bonds. The maximum atomic E-state index is 6.16. The van der Waals surface area contributed by atoms with Crippen molar-refractivity contribution < 1.29 is 38.6 Å². The van der Waals surface area contributed by atoms with Gasteiger partial charge in [0.15, 0.2) is 0 Å². The lowest BCUT2D eigenvalue weighted by atomic mass is 10.2. The van der Waals surface area contributed by atoms with Crippen LogP contribution in [-0.2, 0) is 38.6 Å². The van der Waals surface area contributed by atoms with E-state index in [1.54, 1.807) is 35.5 Å². The van der Waals surface area contributed by atoms with Gasteiger partial charge in [0.1, 0.15) is 0 Å². The molecule has 5 unspecified atom stereocenters. The Morgan fingerprint density at radius 1 is 0.348 bits per heavy atom. The second-order valence-corrected chi connectivity index (χ2v) is 56.4. The highest BCUT2D eigenvalue weighted by molar-refractivity contribution is 6.93. The fourth-order valence-electron chi connectivity index (χ4n) is 9.53. The third-order valence-electron chi connectivity index (χ3n) is 15.4. The van der Waals surface area contributed by atoms with E-state index in [2.05, 4.69) is 216 Å². The molecule has 0 radical (unpaired) electrons. The predicted octanol–water partition coefficient (Wildman–Crippen LogP) is 15.4. The first kappa shape index (κ1) is 82.0. The van der Waals surface area contributed by atoms with Crippen LogP contribution in [0.15, 0.2) is 233 Å². The number of terminal acetylenes is 1. The molecule has 1 saturated heterocycles. The number of rotatable bonds is 18. The van der Waals surface area contributed by atoms with E-state index in [9.17, 15) is 0 Å². The maximum absolute atomic E-state index is 6.16. The van der Waals surface area contributed by atoms with Crippen LogP contribution in [0, 0.1) is 24.2 Å². The average molecular weight is 1390 g/mol. The molecule has 1 fully saturated rings. The van der Waals surface area contributed by atoms with E-state index in [1.807, 2.05) is 138 Å². The molecule has 5 atom stereocenters. The Morgan fingerprint density at radius 2 is 0.674 bits per heavy atom. The summed E-state index contributed by atoms with van der Waals surface area (Å²) in [6.07, 6.45) is 10.8. The van der Waals surface area contributed by atoms with Crippen LogP contribution in [-0.4, -0.2) is 111 Å². The Morgan fingerprint density at radius 3 is 1.01 bits per heavy atom. The molecule has 0 spiro atoms. The molecule has 9 nitrogen and oxygen atoms in total. The average Bonchev–Trinajstić information content (AvgIpc) is 0.878. The Kier molecular flexibility index (Phi) is 33.7. The molecule has 7 rings (SSSR count). The highest BCUT2D eigenvalue weighted by atomic mass is 28.5. The van der Waals surface area contributed by atoms with Gasteiger partial charge >= 0.3 is 34.2 Å². The third-order valence-corrected chi connectivity index (χ3v) is 46.7. The molecule has 0 aliphatic carbocycles. The zero-order chi connectivity index (χ0) is 69.7. The first-order valence-corrected chi connectivity index (χ1v) is 54.0. The summed E-state index contributed by atoms with van der Waals surface area (Å²) in [7, 11) is -9.35. The summed E-state index contributed by atoms with van der Waals surface area (Å²) in [5.41, 5.74) is 16.0. The van der Waals surface area contributed by atoms with Gasteiger partial charge in [-0.25, -0.2) is 0 Å². The molecule has 0 bridgehead atoms. The minimum atomic E-state index is -2.11. The predicted molar refractivity (Wildman–Crippen MR) is 419 cm³/mol. The molecule has 0 saturated carbocycles. The first-order valence-electron chi connectivity index (χ1n) is 30.3. The van der Waals surface area contributed by atoms with E-state index >= 15 is 0 Å². The SMILES string of the molecule is C#Cc1ccc([Si](C)(C=C)OC)cc1.C=C[Si](C)(OC)c1ccc(C#Cc2ccccc2)cc1.C=Cc1ccc([Si](C)(C=C)OC)cc1.C=Cc1cccc([Si](C)(C=C)OC)c1.C=Cc1ccccc1[Si](C)(C=C)OC.C[Si]1(C)O[Si](C)(C)O[Si](C)(C)O[Si](C)(C)O1. The molecule has 0 N–H and O–H groups in total. The van der Waals surface area contributed by atoms with Crippen LogP contribution in [0.1, 0.15) is 33.4 Å². The Hall–Kier alpha value is -6.05. The van der Waals surface area contributed by atoms with Gasteiger partial charge in [0.05, 0.1) is 0 Å². The first-order chi connectivity index (χ1) is 43.2. The van der Waals surface area contributed by atoms with E-state index in [0.717, 1.165) is 33.4 Å². The van der Waals surface area contributed by atoms with Gasteiger partial charge in [-0.2, -0.15) is 0 Å². The second kappa shape index (κ2) is 37.7. The summed E-state index contributed by atoms with van der Waals surface area (Å²) < 4.78 is 52.5. The van der Waals surface area contributed by atoms with Gasteiger partial charge in [0, 0.05) is 52.2 Å². The molecule has 1 aliphatic rings. The van der Waals surface area contributed by atoms with Gasteiger partial charge in [-0.05, 0) is 164 Å². The highest BCUT2D eigenvalue weighted by Crippen LogP contribution is 2.30. The van der Waals surface area contributed by atoms with Crippen LogP contribution in [0.3, 0.4) is 0 Å². The highest BCUT2D eigenvalue weighted by Gasteiger charge is 2.50. The van der Waals surface area contributed by atoms with Crippen molar-refractivity contribution in [3.63, 3.8) is 0 Å². The van der Waals surface area contributed by atoms with Gasteiger partial charge in [-0.1, -0.05) is 199 Å². The molecule has 18 heteroatoms. The summed E-state index contributed by atoms with van der Waals surface area (Å²) in [6, 6.07) is 50.9. The van der Waals surface area contributed by atoms with E-state index < -0.39 is 75.8 Å². The van der Waals surface area contributed by atoms with Crippen LogP contribution < -0.4 is 25.9 Å². The zero-order valence-corrected chi connectivity index (χ0v) is 67.5. The molecule has 1 heterocycles. The minimum Gasteiger partial charge on any atom is -0.416 e. The third kappa shape index (κ3) is 25.7. The Labute approximate surface area is 565 Å². The van der Waals surface area contributed by atoms with Crippen LogP contribution in [0.2, 0.25) is 85.1 Å². The van der Waals surface area contributed by atoms with Crippen molar-refractivity contribution in [3.8, 4) is 24.2 Å². The van der Waals surface area contributed by atoms with Crippen molar-refractivity contribution in [2.45, 2.75) is 85.1 Å². The molecule has 6 aromatic carbocycles. The maximum Gasteiger partial charge on any atom is 0.314 e. The largest absolute Gasteiger partial charge is 0.416 e. The van der Waals surface area contributed by atoms with Crippen LogP contribution in [0.25, 0.3) is 18.2 Å². The van der Waals surface area contributed by atoms with E-state index in [0.29, 0.717) is 0 Å². The number of hydrogen-bond donors (Lipinski definition) is 0. The topological polar surface area (TPSA) is 83.1 Å². The van der Waals surface area contributed by atoms with Crippen molar-refractivity contribution in [1.29, 1.82) is 0 Å². The van der Waals surface area contributed by atoms with Gasteiger partial charge in [0.25, 0.3) is 0 Å². The van der Waals surface area contributed by atoms with Crippen molar-refractivity contribution in [1.82, 2.24) is 0 Å². The number of benzene rings is 6.